The Morgan fingerprint density at radius 1 is 1.30 bits per heavy atom. The second-order valence-corrected chi connectivity index (χ2v) is 5.12. The summed E-state index contributed by atoms with van der Waals surface area (Å²) >= 11 is 0. The maximum absolute atomic E-state index is 9.17. The minimum atomic E-state index is 0. The van der Waals surface area contributed by atoms with Crippen LogP contribution in [0.1, 0.15) is 18.0 Å². The lowest BCUT2D eigenvalue weighted by molar-refractivity contribution is 0.170. The van der Waals surface area contributed by atoms with Crippen molar-refractivity contribution in [2.45, 2.75) is 12.5 Å². The van der Waals surface area contributed by atoms with Gasteiger partial charge in [-0.05, 0) is 17.7 Å². The first-order valence-corrected chi connectivity index (χ1v) is 7.12. The van der Waals surface area contributed by atoms with Crippen molar-refractivity contribution < 1.29 is 14.2 Å². The van der Waals surface area contributed by atoms with Crippen LogP contribution in [0.25, 0.3) is 0 Å². The first-order chi connectivity index (χ1) is 10.3. The Bertz CT molecular complexity index is 560. The van der Waals surface area contributed by atoms with Gasteiger partial charge in [-0.25, -0.2) is 0 Å². The molecule has 1 aromatic carbocycles. The van der Waals surface area contributed by atoms with E-state index in [9.17, 15) is 0 Å². The quantitative estimate of drug-likeness (QED) is 0.885. The normalized spacial score (nSPS) is 17.4. The fraction of sp³-hybridized carbons (Fsp3) is 0.533. The average molecular weight is 362 g/mol. The lowest BCUT2D eigenvalue weighted by Gasteiger charge is -2.34. The second-order valence-electron chi connectivity index (χ2n) is 5.12. The maximum Gasteiger partial charge on any atom is 0.231 e. The third-order valence-electron chi connectivity index (χ3n) is 3.94. The highest BCUT2D eigenvalue weighted by Gasteiger charge is 2.27. The molecule has 3 rings (SSSR count). The monoisotopic (exact) mass is 361 g/mol. The van der Waals surface area contributed by atoms with Gasteiger partial charge in [-0.2, -0.15) is 5.26 Å². The molecule has 0 unspecified atom stereocenters. The highest BCUT2D eigenvalue weighted by atomic mass is 35.5. The van der Waals surface area contributed by atoms with Gasteiger partial charge in [0.1, 0.15) is 0 Å². The van der Waals surface area contributed by atoms with Crippen LogP contribution in [0, 0.1) is 11.3 Å². The molecule has 0 saturated carbocycles. The summed E-state index contributed by atoms with van der Waals surface area (Å²) in [5.74, 6) is 2.01. The molecule has 0 aliphatic carbocycles. The molecule has 1 fully saturated rings. The molecule has 1 saturated heterocycles. The summed E-state index contributed by atoms with van der Waals surface area (Å²) in [4.78, 5) is 2.33. The topological polar surface area (TPSA) is 66.8 Å². The van der Waals surface area contributed by atoms with Gasteiger partial charge in [-0.15, -0.1) is 24.8 Å². The molecule has 1 atom stereocenters. The summed E-state index contributed by atoms with van der Waals surface area (Å²) < 4.78 is 16.3. The van der Waals surface area contributed by atoms with Crippen molar-refractivity contribution in [3.8, 4) is 23.3 Å². The molecule has 6 nitrogen and oxygen atoms in total. The molecule has 2 aliphatic rings. The molecule has 0 bridgehead atoms. The van der Waals surface area contributed by atoms with Gasteiger partial charge in [0.2, 0.25) is 12.5 Å². The number of halogens is 2. The average Bonchev–Trinajstić information content (AvgIpc) is 3.01. The molecule has 0 radical (unpaired) electrons. The Hall–Kier alpha value is -1.39. The van der Waals surface area contributed by atoms with E-state index in [1.807, 2.05) is 12.1 Å². The van der Waals surface area contributed by atoms with Crippen LogP contribution in [0.4, 0.5) is 0 Å². The molecule has 0 amide bonds. The summed E-state index contributed by atoms with van der Waals surface area (Å²) in [7, 11) is 1.62. The number of benzene rings is 1. The standard InChI is InChI=1S/C15H19N3O3.2ClH/c1-19-13-8-11(9-14-15(13)21-10-20-14)12(2-3-16)18-6-4-17-5-7-18;;/h8-9,12,17H,2,4-7,10H2,1H3;2*1H/t12-;;/m0../s1. The van der Waals surface area contributed by atoms with Crippen LogP contribution in [0.15, 0.2) is 12.1 Å². The smallest absolute Gasteiger partial charge is 0.231 e. The minimum Gasteiger partial charge on any atom is -0.493 e. The van der Waals surface area contributed by atoms with E-state index in [-0.39, 0.29) is 37.6 Å². The summed E-state index contributed by atoms with van der Waals surface area (Å²) in [6.07, 6.45) is 0.447. The van der Waals surface area contributed by atoms with Gasteiger partial charge in [0.15, 0.2) is 11.5 Å². The van der Waals surface area contributed by atoms with E-state index < -0.39 is 0 Å². The zero-order valence-electron chi connectivity index (χ0n) is 12.9. The number of hydrogen-bond acceptors (Lipinski definition) is 6. The van der Waals surface area contributed by atoms with Crippen LogP contribution in [-0.4, -0.2) is 45.0 Å². The van der Waals surface area contributed by atoms with Crippen molar-refractivity contribution in [2.75, 3.05) is 40.1 Å². The number of nitrogens with one attached hydrogen (secondary N) is 1. The number of ether oxygens (including phenoxy) is 3. The lowest BCUT2D eigenvalue weighted by atomic mass is 10.0. The van der Waals surface area contributed by atoms with Gasteiger partial charge >= 0.3 is 0 Å². The van der Waals surface area contributed by atoms with E-state index >= 15 is 0 Å². The third kappa shape index (κ3) is 4.12. The molecule has 1 N–H and O–H groups in total. The Labute approximate surface area is 148 Å². The largest absolute Gasteiger partial charge is 0.493 e. The van der Waals surface area contributed by atoms with E-state index in [4.69, 9.17) is 19.5 Å². The maximum atomic E-state index is 9.17. The molecule has 1 aromatic rings. The molecule has 2 aliphatic heterocycles. The van der Waals surface area contributed by atoms with E-state index in [0.717, 1.165) is 31.7 Å². The number of fused-ring (bicyclic) bond motifs is 1. The van der Waals surface area contributed by atoms with E-state index in [0.29, 0.717) is 23.7 Å². The van der Waals surface area contributed by atoms with Crippen molar-refractivity contribution in [3.63, 3.8) is 0 Å². The Morgan fingerprint density at radius 3 is 2.70 bits per heavy atom. The van der Waals surface area contributed by atoms with Gasteiger partial charge in [-0.3, -0.25) is 4.90 Å². The predicted molar refractivity (Wildman–Crippen MR) is 91.0 cm³/mol. The minimum absolute atomic E-state index is 0. The summed E-state index contributed by atoms with van der Waals surface area (Å²) in [5.41, 5.74) is 1.04. The van der Waals surface area contributed by atoms with Crippen molar-refractivity contribution in [1.82, 2.24) is 10.2 Å². The summed E-state index contributed by atoms with van der Waals surface area (Å²) in [5, 5.41) is 12.5. The van der Waals surface area contributed by atoms with Crippen LogP contribution in [0.2, 0.25) is 0 Å². The highest BCUT2D eigenvalue weighted by Crippen LogP contribution is 2.44. The van der Waals surface area contributed by atoms with Gasteiger partial charge < -0.3 is 19.5 Å². The van der Waals surface area contributed by atoms with Crippen molar-refractivity contribution in [2.24, 2.45) is 0 Å². The summed E-state index contributed by atoms with van der Waals surface area (Å²) in [6, 6.07) is 6.27. The van der Waals surface area contributed by atoms with Crippen molar-refractivity contribution in [3.05, 3.63) is 17.7 Å². The number of nitriles is 1. The Kier molecular flexibility index (Phi) is 7.73. The highest BCUT2D eigenvalue weighted by molar-refractivity contribution is 5.85. The fourth-order valence-electron chi connectivity index (χ4n) is 2.88. The zero-order valence-corrected chi connectivity index (χ0v) is 14.5. The summed E-state index contributed by atoms with van der Waals surface area (Å²) in [6.45, 7) is 3.98. The molecular weight excluding hydrogens is 341 g/mol. The Balaban J connectivity index is 0.00000132. The third-order valence-corrected chi connectivity index (χ3v) is 3.94. The number of rotatable bonds is 4. The number of piperazine rings is 1. The number of methoxy groups -OCH3 is 1. The molecule has 8 heteroatoms. The predicted octanol–water partition coefficient (Wildman–Crippen LogP) is 2.13. The van der Waals surface area contributed by atoms with Crippen molar-refractivity contribution in [1.29, 1.82) is 5.26 Å². The molecule has 23 heavy (non-hydrogen) atoms. The number of nitrogens with zero attached hydrogens (tertiary/aromatic N) is 2. The van der Waals surface area contributed by atoms with E-state index in [1.54, 1.807) is 7.11 Å². The molecular formula is C15H21Cl2N3O3. The van der Waals surface area contributed by atoms with Crippen molar-refractivity contribution >= 4 is 24.8 Å². The fourth-order valence-corrected chi connectivity index (χ4v) is 2.88. The molecule has 0 spiro atoms. The van der Waals surface area contributed by atoms with Gasteiger partial charge in [-0.1, -0.05) is 0 Å². The van der Waals surface area contributed by atoms with Crippen LogP contribution in [0.3, 0.4) is 0 Å². The molecule has 128 valence electrons. The zero-order chi connectivity index (χ0) is 14.7. The van der Waals surface area contributed by atoms with Crippen LogP contribution in [0.5, 0.6) is 17.2 Å². The first kappa shape index (κ1) is 19.7. The van der Waals surface area contributed by atoms with Gasteiger partial charge in [0.05, 0.1) is 19.6 Å². The molecule has 0 aromatic heterocycles. The van der Waals surface area contributed by atoms with Gasteiger partial charge in [0.25, 0.3) is 0 Å². The number of hydrogen-bond donors (Lipinski definition) is 1. The van der Waals surface area contributed by atoms with Crippen LogP contribution in [-0.2, 0) is 0 Å². The molecule has 2 heterocycles. The second kappa shape index (κ2) is 9.04. The van der Waals surface area contributed by atoms with Crippen LogP contribution < -0.4 is 19.5 Å². The van der Waals surface area contributed by atoms with Gasteiger partial charge in [0, 0.05) is 32.2 Å². The van der Waals surface area contributed by atoms with E-state index in [2.05, 4.69) is 16.3 Å². The van der Waals surface area contributed by atoms with Crippen LogP contribution >= 0.6 is 24.8 Å². The lowest BCUT2D eigenvalue weighted by Crippen LogP contribution is -2.45. The first-order valence-electron chi connectivity index (χ1n) is 7.12. The SMILES string of the molecule is COc1cc([C@H](CC#N)N2CCNCC2)cc2c1OCO2.Cl.Cl. The Morgan fingerprint density at radius 2 is 2.04 bits per heavy atom. The van der Waals surface area contributed by atoms with E-state index in [1.165, 1.54) is 0 Å².